The maximum Gasteiger partial charge on any atom is 0.275 e. The highest BCUT2D eigenvalue weighted by Crippen LogP contribution is 2.53. The number of ketones is 1. The molecule has 2 aromatic carbocycles. The second-order valence-electron chi connectivity index (χ2n) is 8.98. The number of alkyl halides is 1. The average Bonchev–Trinajstić information content (AvgIpc) is 3.54. The predicted octanol–water partition coefficient (Wildman–Crippen LogP) is 4.52. The Balaban J connectivity index is 1.60. The van der Waals surface area contributed by atoms with Crippen molar-refractivity contribution in [1.82, 2.24) is 10.0 Å². The lowest BCUT2D eigenvalue weighted by molar-refractivity contribution is -0.157. The molecule has 0 spiro atoms. The molecular weight excluding hydrogens is 494 g/mol. The summed E-state index contributed by atoms with van der Waals surface area (Å²) in [7, 11) is 0. The molecule has 5 atom stereocenters. The summed E-state index contributed by atoms with van der Waals surface area (Å²) in [6.45, 7) is 0. The molecule has 9 heteroatoms. The van der Waals surface area contributed by atoms with Crippen molar-refractivity contribution in [1.29, 1.82) is 0 Å². The average molecular weight is 515 g/mol. The molecule has 2 aromatic rings. The third-order valence-electron chi connectivity index (χ3n) is 7.08. The molecule has 2 bridgehead atoms. The molecule has 35 heavy (non-hydrogen) atoms. The monoisotopic (exact) mass is 514 g/mol. The van der Waals surface area contributed by atoms with E-state index in [4.69, 9.17) is 23.2 Å². The van der Waals surface area contributed by atoms with Gasteiger partial charge in [0.05, 0.1) is 22.4 Å². The molecule has 5 rings (SSSR count). The van der Waals surface area contributed by atoms with Crippen LogP contribution in [0.4, 0.5) is 4.39 Å². The van der Waals surface area contributed by atoms with E-state index in [0.717, 1.165) is 28.6 Å². The number of rotatable bonds is 7. The van der Waals surface area contributed by atoms with Crippen molar-refractivity contribution in [2.45, 2.75) is 18.9 Å². The quantitative estimate of drug-likeness (QED) is 0.235. The second-order valence-corrected chi connectivity index (χ2v) is 9.77. The van der Waals surface area contributed by atoms with Crippen LogP contribution in [0.5, 0.6) is 0 Å². The molecule has 0 aromatic heterocycles. The summed E-state index contributed by atoms with van der Waals surface area (Å²) in [6.07, 6.45) is 4.57. The number of fused-ring (bicyclic) bond motifs is 5. The number of hydrogen-bond donors (Lipinski definition) is 0. The van der Waals surface area contributed by atoms with Gasteiger partial charge in [-0.05, 0) is 61.1 Å². The first kappa shape index (κ1) is 23.7. The van der Waals surface area contributed by atoms with Crippen LogP contribution < -0.4 is 0 Å². The molecule has 0 unspecified atom stereocenters. The van der Waals surface area contributed by atoms with Crippen molar-refractivity contribution >= 4 is 46.7 Å². The summed E-state index contributed by atoms with van der Waals surface area (Å²) < 4.78 is 13.5. The van der Waals surface area contributed by atoms with Crippen LogP contribution in [0.25, 0.3) is 0 Å². The van der Waals surface area contributed by atoms with Crippen LogP contribution in [0.1, 0.15) is 33.6 Å². The van der Waals surface area contributed by atoms with E-state index in [0.29, 0.717) is 0 Å². The molecule has 2 fully saturated rings. The van der Waals surface area contributed by atoms with E-state index in [-0.39, 0.29) is 40.3 Å². The Kier molecular flexibility index (Phi) is 6.23. The fraction of sp³-hybridized carbons (Fsp3) is 0.308. The largest absolute Gasteiger partial charge is 0.292 e. The van der Waals surface area contributed by atoms with Crippen LogP contribution >= 0.6 is 23.2 Å². The first-order valence-corrected chi connectivity index (χ1v) is 12.2. The van der Waals surface area contributed by atoms with E-state index in [1.54, 1.807) is 12.1 Å². The number of carbonyl (C=O) groups excluding carboxylic acids is 4. The third kappa shape index (κ3) is 3.87. The van der Waals surface area contributed by atoms with Crippen LogP contribution in [0.2, 0.25) is 5.02 Å². The maximum atomic E-state index is 13.9. The van der Waals surface area contributed by atoms with Crippen molar-refractivity contribution in [2.75, 3.05) is 5.88 Å². The molecule has 0 N–H and O–H groups in total. The van der Waals surface area contributed by atoms with E-state index < -0.39 is 47.2 Å². The topological polar surface area (TPSA) is 74.8 Å². The minimum atomic E-state index is -1.28. The smallest absolute Gasteiger partial charge is 0.275 e. The molecule has 180 valence electrons. The minimum Gasteiger partial charge on any atom is -0.292 e. The number of allylic oxidation sites excluding steroid dienone is 2. The first-order chi connectivity index (χ1) is 16.8. The SMILES string of the molecule is O=C(c1ccc(F)cc1)[C@H](CCCl)N(C(=O)c1ccccc1Cl)N1C(=O)[C@@H]2[C@H](C1=O)[C@H]1C=C[C@H]2C1. The van der Waals surface area contributed by atoms with Gasteiger partial charge in [0.2, 0.25) is 0 Å². The molecule has 1 aliphatic heterocycles. The van der Waals surface area contributed by atoms with Gasteiger partial charge >= 0.3 is 0 Å². The standard InChI is InChI=1S/C26H21Cl2FN2O4/c27-12-11-20(23(32)14-7-9-17(29)10-8-14)30(24(33)18-3-1-2-4-19(18)28)31-25(34)21-15-5-6-16(13-15)22(21)26(31)35/h1-10,15-16,20-22H,11-13H2/t15-,16-,20-,21-,22+/m0/s1. The Morgan fingerprint density at radius 2 is 1.60 bits per heavy atom. The van der Waals surface area contributed by atoms with Crippen molar-refractivity contribution in [3.63, 3.8) is 0 Å². The zero-order chi connectivity index (χ0) is 24.9. The Hall–Kier alpha value is -3.03. The van der Waals surface area contributed by atoms with Gasteiger partial charge in [0.15, 0.2) is 5.78 Å². The van der Waals surface area contributed by atoms with E-state index >= 15 is 0 Å². The van der Waals surface area contributed by atoms with Crippen molar-refractivity contribution in [2.24, 2.45) is 23.7 Å². The summed E-state index contributed by atoms with van der Waals surface area (Å²) in [5, 5.41) is 1.88. The summed E-state index contributed by atoms with van der Waals surface area (Å²) in [6, 6.07) is 9.79. The number of amides is 3. The molecular formula is C26H21Cl2FN2O4. The lowest BCUT2D eigenvalue weighted by Crippen LogP contribution is -2.58. The molecule has 2 aliphatic carbocycles. The van der Waals surface area contributed by atoms with E-state index in [9.17, 15) is 23.6 Å². The highest BCUT2D eigenvalue weighted by molar-refractivity contribution is 6.34. The zero-order valence-electron chi connectivity index (χ0n) is 18.4. The van der Waals surface area contributed by atoms with Crippen LogP contribution in [0, 0.1) is 29.5 Å². The number of carbonyl (C=O) groups is 4. The molecule has 3 aliphatic rings. The number of hydrogen-bond acceptors (Lipinski definition) is 4. The summed E-state index contributed by atoms with van der Waals surface area (Å²) >= 11 is 12.3. The summed E-state index contributed by atoms with van der Waals surface area (Å²) in [5.41, 5.74) is 0.166. The maximum absolute atomic E-state index is 13.9. The lowest BCUT2D eigenvalue weighted by atomic mass is 9.85. The normalized spacial score (nSPS) is 25.2. The Morgan fingerprint density at radius 1 is 1.00 bits per heavy atom. The van der Waals surface area contributed by atoms with Gasteiger partial charge in [-0.2, -0.15) is 5.01 Å². The highest BCUT2D eigenvalue weighted by atomic mass is 35.5. The molecule has 0 radical (unpaired) electrons. The number of nitrogens with zero attached hydrogens (tertiary/aromatic N) is 2. The van der Waals surface area contributed by atoms with Crippen molar-refractivity contribution in [3.8, 4) is 0 Å². The van der Waals surface area contributed by atoms with Gasteiger partial charge in [0.1, 0.15) is 11.9 Å². The minimum absolute atomic E-state index is 0.0280. The zero-order valence-corrected chi connectivity index (χ0v) is 20.0. The molecule has 1 heterocycles. The predicted molar refractivity (Wildman–Crippen MR) is 127 cm³/mol. The van der Waals surface area contributed by atoms with Gasteiger partial charge in [-0.3, -0.25) is 19.2 Å². The van der Waals surface area contributed by atoms with E-state index in [1.165, 1.54) is 24.3 Å². The van der Waals surface area contributed by atoms with Crippen molar-refractivity contribution < 1.29 is 23.6 Å². The molecule has 6 nitrogen and oxygen atoms in total. The molecule has 3 amide bonds. The van der Waals surface area contributed by atoms with Gasteiger partial charge in [0, 0.05) is 11.4 Å². The van der Waals surface area contributed by atoms with Gasteiger partial charge in [-0.25, -0.2) is 9.40 Å². The van der Waals surface area contributed by atoms with Gasteiger partial charge in [-0.15, -0.1) is 11.6 Å². The summed E-state index contributed by atoms with van der Waals surface area (Å²) in [4.78, 5) is 54.7. The third-order valence-corrected chi connectivity index (χ3v) is 7.63. The fourth-order valence-corrected chi connectivity index (χ4v) is 5.93. The number of imide groups is 1. The number of hydrazine groups is 1. The Morgan fingerprint density at radius 3 is 2.17 bits per heavy atom. The van der Waals surface area contributed by atoms with Crippen LogP contribution in [-0.4, -0.2) is 45.4 Å². The van der Waals surface area contributed by atoms with Gasteiger partial charge in [-0.1, -0.05) is 35.9 Å². The Labute approximate surface area is 211 Å². The first-order valence-electron chi connectivity index (χ1n) is 11.3. The van der Waals surface area contributed by atoms with E-state index in [1.807, 2.05) is 12.2 Å². The lowest BCUT2D eigenvalue weighted by Gasteiger charge is -2.37. The number of benzene rings is 2. The molecule has 1 saturated carbocycles. The molecule has 1 saturated heterocycles. The number of halogens is 3. The highest BCUT2D eigenvalue weighted by Gasteiger charge is 2.62. The summed E-state index contributed by atoms with van der Waals surface area (Å²) in [5.74, 6) is -4.21. The van der Waals surface area contributed by atoms with Crippen LogP contribution in [-0.2, 0) is 9.59 Å². The van der Waals surface area contributed by atoms with Gasteiger partial charge < -0.3 is 0 Å². The number of Topliss-reactive ketones (excluding diaryl/α,β-unsaturated/α-hetero) is 1. The van der Waals surface area contributed by atoms with Crippen molar-refractivity contribution in [3.05, 3.63) is 82.6 Å². The van der Waals surface area contributed by atoms with Crippen LogP contribution in [0.3, 0.4) is 0 Å². The second kappa shape index (κ2) is 9.21. The van der Waals surface area contributed by atoms with E-state index in [2.05, 4.69) is 0 Å². The Bertz CT molecular complexity index is 1220. The van der Waals surface area contributed by atoms with Gasteiger partial charge in [0.25, 0.3) is 17.7 Å². The fourth-order valence-electron chi connectivity index (χ4n) is 5.50. The van der Waals surface area contributed by atoms with Crippen LogP contribution in [0.15, 0.2) is 60.7 Å².